The molecule has 0 aliphatic heterocycles. The first-order chi connectivity index (χ1) is 16.0. The van der Waals surface area contributed by atoms with Crippen LogP contribution in [0, 0.1) is 10.8 Å². The molecule has 13 heteroatoms. The Kier molecular flexibility index (Phi) is 7.23. The van der Waals surface area contributed by atoms with E-state index in [4.69, 9.17) is 10.8 Å². The molecule has 0 saturated carbocycles. The standard InChI is InChI=1S/C21H19F5N6O2/c22-20(23,6-7-29-12-33)5-3-13-9-14-4-8-32(18(14)31-10-13)15-1-2-16(30-11-15)17(27)34-19(28)21(24,25)26/h1-2,4,8-12,27-28H,3,5-7H2,(H,29,33). The number of aromatic nitrogens is 3. The number of aryl methyl sites for hydroxylation is 1. The number of halogens is 5. The Balaban J connectivity index is 1.69. The second-order valence-corrected chi connectivity index (χ2v) is 7.28. The van der Waals surface area contributed by atoms with Crippen molar-refractivity contribution in [3.05, 3.63) is 54.1 Å². The minimum absolute atomic E-state index is 0.0908. The predicted molar refractivity (Wildman–Crippen MR) is 113 cm³/mol. The smallest absolute Gasteiger partial charge is 0.415 e. The fourth-order valence-corrected chi connectivity index (χ4v) is 3.06. The first-order valence-corrected chi connectivity index (χ1v) is 9.90. The highest BCUT2D eigenvalue weighted by atomic mass is 19.4. The van der Waals surface area contributed by atoms with E-state index in [9.17, 15) is 26.7 Å². The fraction of sp³-hybridized carbons (Fsp3) is 0.286. The van der Waals surface area contributed by atoms with Gasteiger partial charge in [0.25, 0.3) is 5.90 Å². The molecule has 0 spiro atoms. The molecule has 3 aromatic heterocycles. The van der Waals surface area contributed by atoms with Crippen LogP contribution in [0.1, 0.15) is 24.1 Å². The minimum Gasteiger partial charge on any atom is -0.415 e. The van der Waals surface area contributed by atoms with Gasteiger partial charge in [0.1, 0.15) is 11.3 Å². The zero-order chi connectivity index (χ0) is 24.9. The van der Waals surface area contributed by atoms with Crippen molar-refractivity contribution in [2.24, 2.45) is 0 Å². The van der Waals surface area contributed by atoms with Crippen LogP contribution in [-0.4, -0.2) is 51.4 Å². The molecule has 0 fully saturated rings. The Hall–Kier alpha value is -3.90. The van der Waals surface area contributed by atoms with Crippen molar-refractivity contribution >= 4 is 29.2 Å². The molecule has 0 unspecified atom stereocenters. The lowest BCUT2D eigenvalue weighted by atomic mass is 10.0. The Morgan fingerprint density at radius 3 is 2.50 bits per heavy atom. The number of amides is 1. The summed E-state index contributed by atoms with van der Waals surface area (Å²) in [7, 11) is 0. The predicted octanol–water partition coefficient (Wildman–Crippen LogP) is 4.01. The molecule has 3 aromatic rings. The summed E-state index contributed by atoms with van der Waals surface area (Å²) in [5, 5.41) is 17.3. The molecule has 1 amide bonds. The first kappa shape index (κ1) is 24.7. The van der Waals surface area contributed by atoms with E-state index in [1.807, 2.05) is 0 Å². The Morgan fingerprint density at radius 2 is 1.85 bits per heavy atom. The molecule has 180 valence electrons. The van der Waals surface area contributed by atoms with Gasteiger partial charge in [-0.15, -0.1) is 0 Å². The van der Waals surface area contributed by atoms with Crippen molar-refractivity contribution in [3.8, 4) is 5.69 Å². The maximum absolute atomic E-state index is 13.9. The van der Waals surface area contributed by atoms with E-state index in [0.717, 1.165) is 0 Å². The van der Waals surface area contributed by atoms with Gasteiger partial charge in [-0.05, 0) is 36.2 Å². The van der Waals surface area contributed by atoms with E-state index in [2.05, 4.69) is 20.0 Å². The highest BCUT2D eigenvalue weighted by Crippen LogP contribution is 2.26. The quantitative estimate of drug-likeness (QED) is 0.141. The van der Waals surface area contributed by atoms with E-state index in [1.165, 1.54) is 24.5 Å². The topological polar surface area (TPSA) is 117 Å². The number of nitrogens with one attached hydrogen (secondary N) is 3. The second-order valence-electron chi connectivity index (χ2n) is 7.28. The van der Waals surface area contributed by atoms with Gasteiger partial charge in [0.2, 0.25) is 18.2 Å². The van der Waals surface area contributed by atoms with Crippen molar-refractivity contribution in [2.75, 3.05) is 6.54 Å². The van der Waals surface area contributed by atoms with Crippen LogP contribution in [-0.2, 0) is 16.0 Å². The zero-order valence-electron chi connectivity index (χ0n) is 17.5. The van der Waals surface area contributed by atoms with Crippen LogP contribution in [0.3, 0.4) is 0 Å². The number of pyridine rings is 2. The lowest BCUT2D eigenvalue weighted by molar-refractivity contribution is -0.109. The number of hydrogen-bond donors (Lipinski definition) is 3. The number of alkyl halides is 5. The molecule has 3 heterocycles. The van der Waals surface area contributed by atoms with Crippen molar-refractivity contribution < 1.29 is 31.5 Å². The van der Waals surface area contributed by atoms with E-state index in [1.54, 1.807) is 22.9 Å². The van der Waals surface area contributed by atoms with Gasteiger partial charge in [-0.25, -0.2) is 18.7 Å². The number of carbonyl (C=O) groups excluding carboxylic acids is 1. The summed E-state index contributed by atoms with van der Waals surface area (Å²) >= 11 is 0. The summed E-state index contributed by atoms with van der Waals surface area (Å²) in [6, 6.07) is 6.21. The van der Waals surface area contributed by atoms with Gasteiger partial charge in [0, 0.05) is 37.2 Å². The molecular weight excluding hydrogens is 463 g/mol. The van der Waals surface area contributed by atoms with Gasteiger partial charge in [-0.3, -0.25) is 20.2 Å². The third kappa shape index (κ3) is 6.11. The highest BCUT2D eigenvalue weighted by molar-refractivity contribution is 5.99. The average Bonchev–Trinajstić information content (AvgIpc) is 3.20. The summed E-state index contributed by atoms with van der Waals surface area (Å²) in [5.74, 6) is -5.87. The normalized spacial score (nSPS) is 11.9. The monoisotopic (exact) mass is 482 g/mol. The summed E-state index contributed by atoms with van der Waals surface area (Å²) in [4.78, 5) is 18.4. The Bertz CT molecular complexity index is 1190. The molecular formula is C21H19F5N6O2. The molecule has 8 nitrogen and oxygen atoms in total. The van der Waals surface area contributed by atoms with Crippen LogP contribution in [0.4, 0.5) is 22.0 Å². The molecule has 0 radical (unpaired) electrons. The van der Waals surface area contributed by atoms with Gasteiger partial charge in [-0.2, -0.15) is 13.2 Å². The maximum Gasteiger partial charge on any atom is 0.468 e. The van der Waals surface area contributed by atoms with Crippen LogP contribution in [0.25, 0.3) is 16.7 Å². The van der Waals surface area contributed by atoms with Gasteiger partial charge < -0.3 is 10.1 Å². The van der Waals surface area contributed by atoms with Crippen LogP contribution in [0.2, 0.25) is 0 Å². The summed E-state index contributed by atoms with van der Waals surface area (Å²) in [6.07, 6.45) is -0.955. The zero-order valence-corrected chi connectivity index (χ0v) is 17.5. The van der Waals surface area contributed by atoms with Gasteiger partial charge >= 0.3 is 6.18 Å². The molecule has 0 aliphatic rings. The lowest BCUT2D eigenvalue weighted by Crippen LogP contribution is -2.27. The summed E-state index contributed by atoms with van der Waals surface area (Å²) in [6.45, 7) is -0.111. The van der Waals surface area contributed by atoms with Crippen molar-refractivity contribution in [1.82, 2.24) is 19.9 Å². The Morgan fingerprint density at radius 1 is 1.09 bits per heavy atom. The largest absolute Gasteiger partial charge is 0.468 e. The number of hydrogen-bond acceptors (Lipinski definition) is 6. The number of nitrogens with zero attached hydrogens (tertiary/aromatic N) is 3. The fourth-order valence-electron chi connectivity index (χ4n) is 3.06. The van der Waals surface area contributed by atoms with Crippen LogP contribution in [0.5, 0.6) is 0 Å². The highest BCUT2D eigenvalue weighted by Gasteiger charge is 2.38. The maximum atomic E-state index is 13.9. The molecule has 0 aliphatic carbocycles. The average molecular weight is 482 g/mol. The molecule has 0 aromatic carbocycles. The van der Waals surface area contributed by atoms with Crippen LogP contribution in [0.15, 0.2) is 42.9 Å². The Labute approximate surface area is 189 Å². The molecule has 0 atom stereocenters. The van der Waals surface area contributed by atoms with E-state index in [0.29, 0.717) is 28.7 Å². The lowest BCUT2D eigenvalue weighted by Gasteiger charge is -2.15. The number of rotatable bonds is 9. The van der Waals surface area contributed by atoms with Gasteiger partial charge in [-0.1, -0.05) is 0 Å². The SMILES string of the molecule is N=C(OC(=N)C(F)(F)F)c1ccc(-n2ccc3cc(CCC(F)(F)CCNC=O)cnc32)cn1. The van der Waals surface area contributed by atoms with Gasteiger partial charge in [0.15, 0.2) is 0 Å². The summed E-state index contributed by atoms with van der Waals surface area (Å²) in [5.41, 5.74) is 1.41. The number of carbonyl (C=O) groups is 1. The molecule has 34 heavy (non-hydrogen) atoms. The van der Waals surface area contributed by atoms with Crippen LogP contribution < -0.4 is 5.32 Å². The van der Waals surface area contributed by atoms with Crippen molar-refractivity contribution in [2.45, 2.75) is 31.4 Å². The molecule has 0 bridgehead atoms. The van der Waals surface area contributed by atoms with E-state index >= 15 is 0 Å². The third-order valence-corrected chi connectivity index (χ3v) is 4.80. The second kappa shape index (κ2) is 9.93. The first-order valence-electron chi connectivity index (χ1n) is 9.90. The minimum atomic E-state index is -5.01. The molecule has 0 saturated heterocycles. The molecule has 3 rings (SSSR count). The van der Waals surface area contributed by atoms with Gasteiger partial charge in [0.05, 0.1) is 11.9 Å². The molecule has 3 N–H and O–H groups in total. The van der Waals surface area contributed by atoms with Crippen LogP contribution >= 0.6 is 0 Å². The number of fused-ring (bicyclic) bond motifs is 1. The van der Waals surface area contributed by atoms with E-state index < -0.39 is 36.7 Å². The number of ether oxygens (including phenoxy) is 1. The third-order valence-electron chi connectivity index (χ3n) is 4.80. The summed E-state index contributed by atoms with van der Waals surface area (Å²) < 4.78 is 70.8. The van der Waals surface area contributed by atoms with Crippen molar-refractivity contribution in [1.29, 1.82) is 10.8 Å². The van der Waals surface area contributed by atoms with Crippen molar-refractivity contribution in [3.63, 3.8) is 0 Å². The van der Waals surface area contributed by atoms with E-state index in [-0.39, 0.29) is 18.7 Å².